The quantitative estimate of drug-likeness (QED) is 0.868. The number of carbonyl (C=O) groups is 1. The van der Waals surface area contributed by atoms with E-state index in [1.807, 2.05) is 0 Å². The SMILES string of the molecule is CO[C@]12CC[C@@]3(C[C@@H]1C(C)=O)C1Cc4ccc(O)c5c4C3(CCN1C)C2O5. The molecule has 3 saturated carbocycles. The summed E-state index contributed by atoms with van der Waals surface area (Å²) in [6.07, 6.45) is 4.58. The molecular formula is C22H27NO4. The Morgan fingerprint density at radius 3 is 2.89 bits per heavy atom. The van der Waals surface area contributed by atoms with Crippen LogP contribution in [0.1, 0.15) is 43.7 Å². The second-order valence-corrected chi connectivity index (χ2v) is 9.55. The van der Waals surface area contributed by atoms with Gasteiger partial charge in [-0.2, -0.15) is 0 Å². The summed E-state index contributed by atoms with van der Waals surface area (Å²) in [6.45, 7) is 2.73. The third-order valence-electron chi connectivity index (χ3n) is 9.12. The number of aromatic hydroxyl groups is 1. The molecule has 144 valence electrons. The molecule has 2 heterocycles. The van der Waals surface area contributed by atoms with Crippen LogP contribution in [-0.4, -0.2) is 54.2 Å². The van der Waals surface area contributed by atoms with Gasteiger partial charge in [0.15, 0.2) is 11.5 Å². The predicted octanol–water partition coefficient (Wildman–Crippen LogP) is 2.43. The Morgan fingerprint density at radius 1 is 1.33 bits per heavy atom. The minimum absolute atomic E-state index is 0.0212. The summed E-state index contributed by atoms with van der Waals surface area (Å²) < 4.78 is 12.8. The number of phenolic OH excluding ortho intramolecular Hbond substituents is 1. The van der Waals surface area contributed by atoms with Gasteiger partial charge in [-0.15, -0.1) is 0 Å². The second-order valence-electron chi connectivity index (χ2n) is 9.55. The highest BCUT2D eigenvalue weighted by molar-refractivity contribution is 5.81. The lowest BCUT2D eigenvalue weighted by Crippen LogP contribution is -2.81. The van der Waals surface area contributed by atoms with Crippen molar-refractivity contribution in [1.29, 1.82) is 0 Å². The smallest absolute Gasteiger partial charge is 0.165 e. The van der Waals surface area contributed by atoms with Crippen molar-refractivity contribution in [3.8, 4) is 11.5 Å². The highest BCUT2D eigenvalue weighted by atomic mass is 16.6. The van der Waals surface area contributed by atoms with Gasteiger partial charge in [-0.3, -0.25) is 4.79 Å². The molecule has 1 aromatic rings. The zero-order valence-electron chi connectivity index (χ0n) is 16.2. The van der Waals surface area contributed by atoms with E-state index in [4.69, 9.17) is 9.47 Å². The number of hydrogen-bond donors (Lipinski definition) is 1. The Hall–Kier alpha value is -1.59. The molecule has 6 atom stereocenters. The number of hydrogen-bond acceptors (Lipinski definition) is 5. The Bertz CT molecular complexity index is 883. The number of benzene rings is 1. The van der Waals surface area contributed by atoms with E-state index in [9.17, 15) is 9.90 Å². The number of phenols is 1. The summed E-state index contributed by atoms with van der Waals surface area (Å²) in [7, 11) is 3.98. The third kappa shape index (κ3) is 1.47. The minimum atomic E-state index is -0.589. The molecule has 1 N–H and O–H groups in total. The highest BCUT2D eigenvalue weighted by Crippen LogP contribution is 2.76. The maximum atomic E-state index is 12.8. The molecule has 5 heteroatoms. The molecule has 4 fully saturated rings. The van der Waals surface area contributed by atoms with Crippen LogP contribution in [0.3, 0.4) is 0 Å². The van der Waals surface area contributed by atoms with Gasteiger partial charge in [-0.1, -0.05) is 6.07 Å². The molecule has 0 aromatic heterocycles. The molecule has 0 amide bonds. The Kier molecular flexibility index (Phi) is 2.84. The first-order valence-electron chi connectivity index (χ1n) is 10.2. The number of Topliss-reactive ketones (excluding diaryl/α,β-unsaturated/α-hetero) is 1. The fourth-order valence-corrected chi connectivity index (χ4v) is 8.15. The van der Waals surface area contributed by atoms with E-state index >= 15 is 0 Å². The van der Waals surface area contributed by atoms with Gasteiger partial charge in [0.05, 0.1) is 5.92 Å². The summed E-state index contributed by atoms with van der Waals surface area (Å²) in [5.41, 5.74) is 1.83. The number of likely N-dealkylation sites (tertiary alicyclic amines) is 1. The number of likely N-dealkylation sites (N-methyl/N-ethyl adjacent to an activating group) is 1. The topological polar surface area (TPSA) is 59.0 Å². The second kappa shape index (κ2) is 4.69. The summed E-state index contributed by atoms with van der Waals surface area (Å²) >= 11 is 0. The number of fused-ring (bicyclic) bond motifs is 2. The maximum absolute atomic E-state index is 12.8. The predicted molar refractivity (Wildman–Crippen MR) is 99.1 cm³/mol. The average Bonchev–Trinajstić information content (AvgIpc) is 3.03. The van der Waals surface area contributed by atoms with Gasteiger partial charge < -0.3 is 19.5 Å². The summed E-state index contributed by atoms with van der Waals surface area (Å²) in [6, 6.07) is 4.28. The number of rotatable bonds is 2. The molecule has 5 nitrogen and oxygen atoms in total. The van der Waals surface area contributed by atoms with Crippen LogP contribution in [0.2, 0.25) is 0 Å². The largest absolute Gasteiger partial charge is 0.504 e. The van der Waals surface area contributed by atoms with Crippen LogP contribution in [0, 0.1) is 11.3 Å². The zero-order valence-corrected chi connectivity index (χ0v) is 16.2. The summed E-state index contributed by atoms with van der Waals surface area (Å²) in [5.74, 6) is 0.968. The summed E-state index contributed by atoms with van der Waals surface area (Å²) in [5, 5.41) is 10.6. The van der Waals surface area contributed by atoms with Crippen molar-refractivity contribution in [2.75, 3.05) is 20.7 Å². The fourth-order valence-electron chi connectivity index (χ4n) is 8.15. The van der Waals surface area contributed by atoms with Crippen molar-refractivity contribution in [3.63, 3.8) is 0 Å². The molecule has 0 radical (unpaired) electrons. The van der Waals surface area contributed by atoms with E-state index in [0.717, 1.165) is 38.6 Å². The lowest BCUT2D eigenvalue weighted by molar-refractivity contribution is -0.270. The van der Waals surface area contributed by atoms with Crippen molar-refractivity contribution in [2.24, 2.45) is 11.3 Å². The molecule has 3 unspecified atom stereocenters. The third-order valence-corrected chi connectivity index (χ3v) is 9.12. The van der Waals surface area contributed by atoms with Gasteiger partial charge in [-0.25, -0.2) is 0 Å². The number of piperidine rings is 1. The van der Waals surface area contributed by atoms with Crippen molar-refractivity contribution in [1.82, 2.24) is 4.90 Å². The first kappa shape index (κ1) is 16.4. The fraction of sp³-hybridized carbons (Fsp3) is 0.682. The lowest BCUT2D eigenvalue weighted by atomic mass is 9.34. The molecule has 2 spiro atoms. The Labute approximate surface area is 159 Å². The van der Waals surface area contributed by atoms with Gasteiger partial charge in [0, 0.05) is 29.5 Å². The van der Waals surface area contributed by atoms with Crippen LogP contribution < -0.4 is 4.74 Å². The van der Waals surface area contributed by atoms with Gasteiger partial charge in [0.25, 0.3) is 0 Å². The van der Waals surface area contributed by atoms with E-state index in [0.29, 0.717) is 11.8 Å². The van der Waals surface area contributed by atoms with Crippen molar-refractivity contribution in [3.05, 3.63) is 23.3 Å². The van der Waals surface area contributed by atoms with Gasteiger partial charge in [0.1, 0.15) is 17.5 Å². The van der Waals surface area contributed by atoms with Crippen LogP contribution in [0.15, 0.2) is 12.1 Å². The van der Waals surface area contributed by atoms with E-state index < -0.39 is 5.60 Å². The Balaban J connectivity index is 1.70. The van der Waals surface area contributed by atoms with Crippen LogP contribution >= 0.6 is 0 Å². The molecule has 4 bridgehead atoms. The number of carbonyl (C=O) groups excluding carboxylic acids is 1. The first-order chi connectivity index (χ1) is 12.9. The Morgan fingerprint density at radius 2 is 2.15 bits per heavy atom. The average molecular weight is 369 g/mol. The van der Waals surface area contributed by atoms with E-state index in [1.54, 1.807) is 20.1 Å². The van der Waals surface area contributed by atoms with Crippen LogP contribution in [0.4, 0.5) is 0 Å². The van der Waals surface area contributed by atoms with E-state index in [1.165, 1.54) is 11.1 Å². The molecule has 7 rings (SSSR count). The molecular weight excluding hydrogens is 342 g/mol. The molecule has 4 aliphatic carbocycles. The standard InChI is InChI=1S/C22H27NO4/c1-12(24)14-11-20-6-7-22(14,26-3)19-21(20)8-9-23(2)16(20)10-13-4-5-15(25)18(27-19)17(13)21/h4-5,14,16,19,25H,6-11H2,1-3H3/t14-,16?,19?,20-,21?,22-/m1/s1. The molecule has 1 aromatic carbocycles. The highest BCUT2D eigenvalue weighted by Gasteiger charge is 2.80. The minimum Gasteiger partial charge on any atom is -0.504 e. The van der Waals surface area contributed by atoms with Gasteiger partial charge in [-0.05, 0) is 64.3 Å². The molecule has 2 aliphatic heterocycles. The van der Waals surface area contributed by atoms with Crippen molar-refractivity contribution >= 4 is 5.78 Å². The van der Waals surface area contributed by atoms with Crippen molar-refractivity contribution < 1.29 is 19.4 Å². The number of ketones is 1. The maximum Gasteiger partial charge on any atom is 0.165 e. The lowest BCUT2D eigenvalue weighted by Gasteiger charge is -2.73. The zero-order chi connectivity index (χ0) is 18.8. The van der Waals surface area contributed by atoms with Crippen LogP contribution in [-0.2, 0) is 21.4 Å². The van der Waals surface area contributed by atoms with Crippen molar-refractivity contribution in [2.45, 2.75) is 62.2 Å². The summed E-state index contributed by atoms with van der Waals surface area (Å²) in [4.78, 5) is 15.3. The normalized spacial score (nSPS) is 46.1. The molecule has 1 saturated heterocycles. The van der Waals surface area contributed by atoms with Gasteiger partial charge in [0.2, 0.25) is 0 Å². The molecule has 6 aliphatic rings. The van der Waals surface area contributed by atoms with E-state index in [2.05, 4.69) is 18.0 Å². The van der Waals surface area contributed by atoms with Crippen LogP contribution in [0.25, 0.3) is 0 Å². The van der Waals surface area contributed by atoms with Crippen LogP contribution in [0.5, 0.6) is 11.5 Å². The number of methoxy groups -OCH3 is 1. The molecule has 27 heavy (non-hydrogen) atoms. The monoisotopic (exact) mass is 369 g/mol. The number of ether oxygens (including phenoxy) is 2. The number of nitrogens with zero attached hydrogens (tertiary/aromatic N) is 1. The first-order valence-corrected chi connectivity index (χ1v) is 10.2. The van der Waals surface area contributed by atoms with E-state index in [-0.39, 0.29) is 34.4 Å². The van der Waals surface area contributed by atoms with Gasteiger partial charge >= 0.3 is 0 Å².